The molecule has 0 spiro atoms. The Kier molecular flexibility index (Phi) is 6.49. The molecule has 6 nitrogen and oxygen atoms in total. The Morgan fingerprint density at radius 1 is 1.28 bits per heavy atom. The summed E-state index contributed by atoms with van der Waals surface area (Å²) < 4.78 is 4.81. The van der Waals surface area contributed by atoms with E-state index < -0.39 is 5.97 Å². The van der Waals surface area contributed by atoms with Gasteiger partial charge in [-0.05, 0) is 31.6 Å². The monoisotopic (exact) mass is 258 g/mol. The first kappa shape index (κ1) is 14.8. The lowest BCUT2D eigenvalue weighted by Crippen LogP contribution is -2.44. The summed E-state index contributed by atoms with van der Waals surface area (Å²) in [5.41, 5.74) is 0. The van der Waals surface area contributed by atoms with Crippen molar-refractivity contribution in [3.8, 4) is 0 Å². The van der Waals surface area contributed by atoms with Gasteiger partial charge in [0.05, 0.1) is 6.61 Å². The second-order valence-electron chi connectivity index (χ2n) is 4.80. The first-order chi connectivity index (χ1) is 8.58. The van der Waals surface area contributed by atoms with Crippen LogP contribution >= 0.6 is 0 Å². The molecule has 104 valence electrons. The van der Waals surface area contributed by atoms with Crippen LogP contribution in [-0.4, -0.2) is 42.9 Å². The van der Waals surface area contributed by atoms with Crippen LogP contribution in [0.5, 0.6) is 0 Å². The van der Waals surface area contributed by atoms with Gasteiger partial charge in [0.2, 0.25) is 0 Å². The zero-order chi connectivity index (χ0) is 13.4. The van der Waals surface area contributed by atoms with Gasteiger partial charge in [-0.1, -0.05) is 6.92 Å². The van der Waals surface area contributed by atoms with Gasteiger partial charge in [0.25, 0.3) is 0 Å². The van der Waals surface area contributed by atoms with Crippen LogP contribution in [0.4, 0.5) is 4.79 Å². The van der Waals surface area contributed by atoms with E-state index in [2.05, 4.69) is 17.6 Å². The molecular weight excluding hydrogens is 236 g/mol. The fourth-order valence-corrected chi connectivity index (χ4v) is 2.04. The number of hydrogen-bond acceptors (Lipinski definition) is 3. The van der Waals surface area contributed by atoms with E-state index in [-0.39, 0.29) is 25.3 Å². The number of carboxylic acid groups (broad SMARTS) is 1. The van der Waals surface area contributed by atoms with E-state index in [1.54, 1.807) is 0 Å². The third-order valence-corrected chi connectivity index (χ3v) is 3.11. The molecule has 0 aromatic carbocycles. The molecule has 1 aliphatic rings. The zero-order valence-corrected chi connectivity index (χ0v) is 10.8. The van der Waals surface area contributed by atoms with Gasteiger partial charge >= 0.3 is 12.0 Å². The van der Waals surface area contributed by atoms with Gasteiger partial charge < -0.3 is 20.5 Å². The highest BCUT2D eigenvalue weighted by Gasteiger charge is 2.19. The lowest BCUT2D eigenvalue weighted by Gasteiger charge is -2.26. The Bertz CT molecular complexity index is 275. The van der Waals surface area contributed by atoms with Crippen LogP contribution in [0.3, 0.4) is 0 Å². The molecule has 0 aliphatic heterocycles. The van der Waals surface area contributed by atoms with Crippen LogP contribution in [-0.2, 0) is 9.53 Å². The lowest BCUT2D eigenvalue weighted by atomic mass is 9.87. The summed E-state index contributed by atoms with van der Waals surface area (Å²) >= 11 is 0. The average molecular weight is 258 g/mol. The molecule has 0 atom stereocenters. The number of carbonyl (C=O) groups is 2. The molecule has 1 rings (SSSR count). The van der Waals surface area contributed by atoms with Gasteiger partial charge in [-0.25, -0.2) is 9.59 Å². The largest absolute Gasteiger partial charge is 0.480 e. The molecule has 6 heteroatoms. The molecule has 18 heavy (non-hydrogen) atoms. The second-order valence-corrected chi connectivity index (χ2v) is 4.80. The van der Waals surface area contributed by atoms with E-state index in [4.69, 9.17) is 9.84 Å². The molecule has 1 fully saturated rings. The number of carboxylic acids is 1. The van der Waals surface area contributed by atoms with Crippen LogP contribution in [0, 0.1) is 5.92 Å². The predicted molar refractivity (Wildman–Crippen MR) is 66.4 cm³/mol. The van der Waals surface area contributed by atoms with Crippen LogP contribution in [0.15, 0.2) is 0 Å². The lowest BCUT2D eigenvalue weighted by molar-refractivity contribution is -0.142. The fourth-order valence-electron chi connectivity index (χ4n) is 2.04. The standard InChI is InChI=1S/C12H22N2O4/c1-9-2-4-10(5-3-9)14-12(17)13-6-7-18-8-11(15)16/h9-10H,2-8H2,1H3,(H,15,16)(H2,13,14,17). The van der Waals surface area contributed by atoms with Crippen molar-refractivity contribution in [2.45, 2.75) is 38.6 Å². The van der Waals surface area contributed by atoms with E-state index in [1.807, 2.05) is 0 Å². The molecule has 0 unspecified atom stereocenters. The Morgan fingerprint density at radius 3 is 2.56 bits per heavy atom. The zero-order valence-electron chi connectivity index (χ0n) is 10.8. The topological polar surface area (TPSA) is 87.7 Å². The number of hydrogen-bond donors (Lipinski definition) is 3. The Hall–Kier alpha value is -1.30. The minimum atomic E-state index is -1.00. The van der Waals surface area contributed by atoms with Crippen molar-refractivity contribution in [3.63, 3.8) is 0 Å². The number of amides is 2. The first-order valence-electron chi connectivity index (χ1n) is 6.42. The molecular formula is C12H22N2O4. The van der Waals surface area contributed by atoms with Crippen LogP contribution in [0.25, 0.3) is 0 Å². The van der Waals surface area contributed by atoms with Crippen LogP contribution < -0.4 is 10.6 Å². The molecule has 0 saturated heterocycles. The molecule has 0 aromatic heterocycles. The smallest absolute Gasteiger partial charge is 0.329 e. The summed E-state index contributed by atoms with van der Waals surface area (Å²) in [6, 6.07) is 0.0645. The Morgan fingerprint density at radius 2 is 1.94 bits per heavy atom. The van der Waals surface area contributed by atoms with Crippen molar-refractivity contribution in [2.75, 3.05) is 19.8 Å². The second kappa shape index (κ2) is 7.92. The summed E-state index contributed by atoms with van der Waals surface area (Å²) in [7, 11) is 0. The molecule has 3 N–H and O–H groups in total. The highest BCUT2D eigenvalue weighted by atomic mass is 16.5. The maximum absolute atomic E-state index is 11.5. The van der Waals surface area contributed by atoms with E-state index in [9.17, 15) is 9.59 Å². The molecule has 0 radical (unpaired) electrons. The summed E-state index contributed by atoms with van der Waals surface area (Å²) in [5.74, 6) is -0.244. The third kappa shape index (κ3) is 6.44. The number of aliphatic carboxylic acids is 1. The van der Waals surface area contributed by atoms with E-state index in [0.717, 1.165) is 31.6 Å². The predicted octanol–water partition coefficient (Wildman–Crippen LogP) is 0.965. The highest BCUT2D eigenvalue weighted by molar-refractivity contribution is 5.74. The van der Waals surface area contributed by atoms with Gasteiger partial charge in [0, 0.05) is 12.6 Å². The maximum atomic E-state index is 11.5. The van der Waals surface area contributed by atoms with Gasteiger partial charge in [-0.2, -0.15) is 0 Å². The minimum Gasteiger partial charge on any atom is -0.480 e. The highest BCUT2D eigenvalue weighted by Crippen LogP contribution is 2.23. The maximum Gasteiger partial charge on any atom is 0.329 e. The Balaban J connectivity index is 2.01. The number of rotatable bonds is 6. The van der Waals surface area contributed by atoms with E-state index >= 15 is 0 Å². The molecule has 1 aliphatic carbocycles. The molecule has 0 heterocycles. The number of nitrogens with one attached hydrogen (secondary N) is 2. The molecule has 0 aromatic rings. The fraction of sp³-hybridized carbons (Fsp3) is 0.833. The van der Waals surface area contributed by atoms with Crippen molar-refractivity contribution in [1.29, 1.82) is 0 Å². The summed E-state index contributed by atoms with van der Waals surface area (Å²) in [4.78, 5) is 21.7. The van der Waals surface area contributed by atoms with Crippen LogP contribution in [0.2, 0.25) is 0 Å². The Labute approximate surface area is 107 Å². The molecule has 0 bridgehead atoms. The van der Waals surface area contributed by atoms with Crippen molar-refractivity contribution in [2.24, 2.45) is 5.92 Å². The van der Waals surface area contributed by atoms with E-state index in [0.29, 0.717) is 6.54 Å². The van der Waals surface area contributed by atoms with Crippen molar-refractivity contribution in [3.05, 3.63) is 0 Å². The normalized spacial score (nSPS) is 23.4. The average Bonchev–Trinajstić information content (AvgIpc) is 2.31. The molecule has 1 saturated carbocycles. The minimum absolute atomic E-state index is 0.200. The van der Waals surface area contributed by atoms with Gasteiger partial charge in [0.1, 0.15) is 6.61 Å². The van der Waals surface area contributed by atoms with E-state index in [1.165, 1.54) is 0 Å². The SMILES string of the molecule is CC1CCC(NC(=O)NCCOCC(=O)O)CC1. The molecule has 2 amide bonds. The summed E-state index contributed by atoms with van der Waals surface area (Å²) in [6.07, 6.45) is 4.38. The third-order valence-electron chi connectivity index (χ3n) is 3.11. The van der Waals surface area contributed by atoms with Crippen molar-refractivity contribution in [1.82, 2.24) is 10.6 Å². The quantitative estimate of drug-likeness (QED) is 0.619. The first-order valence-corrected chi connectivity index (χ1v) is 6.42. The van der Waals surface area contributed by atoms with Crippen molar-refractivity contribution >= 4 is 12.0 Å². The number of carbonyl (C=O) groups excluding carboxylic acids is 1. The number of ether oxygens (including phenoxy) is 1. The van der Waals surface area contributed by atoms with Gasteiger partial charge in [-0.3, -0.25) is 0 Å². The van der Waals surface area contributed by atoms with Crippen molar-refractivity contribution < 1.29 is 19.4 Å². The summed E-state index contributed by atoms with van der Waals surface area (Å²) in [5, 5.41) is 13.9. The summed E-state index contributed by atoms with van der Waals surface area (Å²) in [6.45, 7) is 2.43. The number of urea groups is 1. The van der Waals surface area contributed by atoms with Crippen LogP contribution in [0.1, 0.15) is 32.6 Å². The van der Waals surface area contributed by atoms with Gasteiger partial charge in [0.15, 0.2) is 0 Å². The van der Waals surface area contributed by atoms with Gasteiger partial charge in [-0.15, -0.1) is 0 Å².